The number of nitrogens with zero attached hydrogens (tertiary/aromatic N) is 1. The first-order chi connectivity index (χ1) is 8.68. The van der Waals surface area contributed by atoms with Crippen LogP contribution in [-0.4, -0.2) is 17.0 Å². The monoisotopic (exact) mass is 240 g/mol. The second-order valence-electron chi connectivity index (χ2n) is 4.09. The Hall–Kier alpha value is -2.34. The zero-order valence-electron chi connectivity index (χ0n) is 9.33. The molecule has 0 aromatic heterocycles. The van der Waals surface area contributed by atoms with E-state index < -0.39 is 12.0 Å². The van der Waals surface area contributed by atoms with Gasteiger partial charge in [0.05, 0.1) is 4.92 Å². The SMILES string of the molecule is O=[N+]([O-])c1cccc2c1NB(O)c1ccccc1-2. The molecule has 88 valence electrons. The number of hydrogen-bond donors (Lipinski definition) is 2. The molecule has 0 amide bonds. The van der Waals surface area contributed by atoms with Gasteiger partial charge in [0, 0.05) is 11.6 Å². The fourth-order valence-corrected chi connectivity index (χ4v) is 2.26. The highest BCUT2D eigenvalue weighted by atomic mass is 16.6. The van der Waals surface area contributed by atoms with Crippen LogP contribution in [0.2, 0.25) is 0 Å². The topological polar surface area (TPSA) is 75.4 Å². The van der Waals surface area contributed by atoms with Gasteiger partial charge in [-0.1, -0.05) is 36.4 Å². The van der Waals surface area contributed by atoms with Gasteiger partial charge in [0.1, 0.15) is 5.69 Å². The highest BCUT2D eigenvalue weighted by molar-refractivity contribution is 6.72. The Morgan fingerprint density at radius 3 is 2.61 bits per heavy atom. The van der Waals surface area contributed by atoms with Gasteiger partial charge < -0.3 is 10.3 Å². The van der Waals surface area contributed by atoms with E-state index in [1.54, 1.807) is 18.2 Å². The van der Waals surface area contributed by atoms with Gasteiger partial charge in [0.15, 0.2) is 0 Å². The first kappa shape index (κ1) is 10.8. The van der Waals surface area contributed by atoms with Crippen LogP contribution in [0.3, 0.4) is 0 Å². The summed E-state index contributed by atoms with van der Waals surface area (Å²) in [5.41, 5.74) is 2.63. The van der Waals surface area contributed by atoms with E-state index in [2.05, 4.69) is 5.23 Å². The molecule has 1 heterocycles. The average Bonchev–Trinajstić information content (AvgIpc) is 2.38. The number of nitro benzene ring substituents is 1. The minimum Gasteiger partial charge on any atom is -0.429 e. The maximum absolute atomic E-state index is 11.0. The Labute approximate surface area is 103 Å². The first-order valence-corrected chi connectivity index (χ1v) is 5.50. The van der Waals surface area contributed by atoms with E-state index in [1.807, 2.05) is 18.2 Å². The second kappa shape index (κ2) is 3.85. The molecule has 1 aliphatic rings. The van der Waals surface area contributed by atoms with Crippen LogP contribution in [0.5, 0.6) is 0 Å². The van der Waals surface area contributed by atoms with Gasteiger partial charge in [-0.15, -0.1) is 0 Å². The summed E-state index contributed by atoms with van der Waals surface area (Å²) in [6.45, 7) is 0. The van der Waals surface area contributed by atoms with Crippen molar-refractivity contribution in [3.05, 3.63) is 52.6 Å². The lowest BCUT2D eigenvalue weighted by atomic mass is 9.67. The molecular weight excluding hydrogens is 231 g/mol. The lowest BCUT2D eigenvalue weighted by Gasteiger charge is -2.23. The molecule has 0 saturated carbocycles. The molecule has 0 saturated heterocycles. The van der Waals surface area contributed by atoms with Crippen LogP contribution in [0.15, 0.2) is 42.5 Å². The van der Waals surface area contributed by atoms with Crippen molar-refractivity contribution in [1.29, 1.82) is 0 Å². The molecule has 18 heavy (non-hydrogen) atoms. The van der Waals surface area contributed by atoms with E-state index in [1.165, 1.54) is 6.07 Å². The predicted octanol–water partition coefficient (Wildman–Crippen LogP) is 1.37. The summed E-state index contributed by atoms with van der Waals surface area (Å²) in [5.74, 6) is 0. The number of hydrogen-bond acceptors (Lipinski definition) is 4. The van der Waals surface area contributed by atoms with E-state index in [0.29, 0.717) is 5.69 Å². The summed E-state index contributed by atoms with van der Waals surface area (Å²) in [4.78, 5) is 10.5. The maximum atomic E-state index is 11.0. The van der Waals surface area contributed by atoms with Crippen LogP contribution in [0.25, 0.3) is 11.1 Å². The highest BCUT2D eigenvalue weighted by Gasteiger charge is 2.31. The quantitative estimate of drug-likeness (QED) is 0.448. The Balaban J connectivity index is 2.30. The fraction of sp³-hybridized carbons (Fsp3) is 0. The Morgan fingerprint density at radius 1 is 1.11 bits per heavy atom. The molecule has 0 atom stereocenters. The second-order valence-corrected chi connectivity index (χ2v) is 4.09. The number of rotatable bonds is 1. The summed E-state index contributed by atoms with van der Waals surface area (Å²) >= 11 is 0. The van der Waals surface area contributed by atoms with Crippen LogP contribution in [0.4, 0.5) is 11.4 Å². The standard InChI is InChI=1S/C12H9BN2O3/c16-13-10-6-2-1-4-8(10)9-5-3-7-11(15(17)18)12(9)14-13/h1-7,14,16H. The van der Waals surface area contributed by atoms with Crippen LogP contribution in [-0.2, 0) is 0 Å². The van der Waals surface area contributed by atoms with Gasteiger partial charge in [-0.05, 0) is 11.0 Å². The Morgan fingerprint density at radius 2 is 1.83 bits per heavy atom. The summed E-state index contributed by atoms with van der Waals surface area (Å²) in [6, 6.07) is 12.2. The molecule has 1 aliphatic heterocycles. The summed E-state index contributed by atoms with van der Waals surface area (Å²) in [7, 11) is -0.921. The van der Waals surface area contributed by atoms with Crippen molar-refractivity contribution in [3.63, 3.8) is 0 Å². The van der Waals surface area contributed by atoms with Gasteiger partial charge in [-0.2, -0.15) is 0 Å². The van der Waals surface area contributed by atoms with E-state index >= 15 is 0 Å². The third-order valence-corrected chi connectivity index (χ3v) is 3.07. The number of para-hydroxylation sites is 1. The summed E-state index contributed by atoms with van der Waals surface area (Å²) < 4.78 is 0. The zero-order valence-corrected chi connectivity index (χ0v) is 9.33. The van der Waals surface area contributed by atoms with Crippen molar-refractivity contribution in [3.8, 4) is 11.1 Å². The van der Waals surface area contributed by atoms with Crippen molar-refractivity contribution in [2.24, 2.45) is 0 Å². The third kappa shape index (κ3) is 1.47. The molecule has 0 bridgehead atoms. The highest BCUT2D eigenvalue weighted by Crippen LogP contribution is 2.37. The molecule has 2 aromatic rings. The van der Waals surface area contributed by atoms with Crippen molar-refractivity contribution in [2.75, 3.05) is 5.23 Å². The Bertz CT molecular complexity index is 645. The Kier molecular flexibility index (Phi) is 2.31. The molecule has 0 unspecified atom stereocenters. The van der Waals surface area contributed by atoms with Gasteiger partial charge >= 0.3 is 7.05 Å². The number of benzene rings is 2. The molecular formula is C12H9BN2O3. The van der Waals surface area contributed by atoms with Crippen LogP contribution in [0.1, 0.15) is 0 Å². The van der Waals surface area contributed by atoms with Gasteiger partial charge in [0.25, 0.3) is 5.69 Å². The molecule has 0 radical (unpaired) electrons. The van der Waals surface area contributed by atoms with E-state index in [-0.39, 0.29) is 5.69 Å². The summed E-state index contributed by atoms with van der Waals surface area (Å²) in [5, 5.41) is 23.7. The number of fused-ring (bicyclic) bond motifs is 3. The molecule has 0 aliphatic carbocycles. The normalized spacial score (nSPS) is 12.4. The third-order valence-electron chi connectivity index (χ3n) is 3.07. The molecule has 5 nitrogen and oxygen atoms in total. The number of nitro groups is 1. The predicted molar refractivity (Wildman–Crippen MR) is 69.8 cm³/mol. The summed E-state index contributed by atoms with van der Waals surface area (Å²) in [6.07, 6.45) is 0. The molecule has 6 heteroatoms. The number of nitrogens with one attached hydrogen (secondary N) is 1. The number of anilines is 1. The van der Waals surface area contributed by atoms with Crippen LogP contribution in [0, 0.1) is 10.1 Å². The van der Waals surface area contributed by atoms with Gasteiger partial charge in [-0.3, -0.25) is 10.1 Å². The van der Waals surface area contributed by atoms with Crippen molar-refractivity contribution < 1.29 is 9.95 Å². The van der Waals surface area contributed by atoms with Crippen molar-refractivity contribution in [2.45, 2.75) is 0 Å². The van der Waals surface area contributed by atoms with Crippen LogP contribution >= 0.6 is 0 Å². The first-order valence-electron chi connectivity index (χ1n) is 5.50. The molecule has 0 fully saturated rings. The minimum absolute atomic E-state index is 0.0268. The lowest BCUT2D eigenvalue weighted by molar-refractivity contribution is -0.383. The van der Waals surface area contributed by atoms with Gasteiger partial charge in [-0.25, -0.2) is 0 Å². The lowest BCUT2D eigenvalue weighted by Crippen LogP contribution is -2.42. The maximum Gasteiger partial charge on any atom is 0.447 e. The smallest absolute Gasteiger partial charge is 0.429 e. The van der Waals surface area contributed by atoms with E-state index in [4.69, 9.17) is 0 Å². The average molecular weight is 240 g/mol. The van der Waals surface area contributed by atoms with Crippen molar-refractivity contribution in [1.82, 2.24) is 0 Å². The largest absolute Gasteiger partial charge is 0.447 e. The molecule has 2 aromatic carbocycles. The fourth-order valence-electron chi connectivity index (χ4n) is 2.26. The van der Waals surface area contributed by atoms with E-state index in [0.717, 1.165) is 16.6 Å². The molecule has 2 N–H and O–H groups in total. The zero-order chi connectivity index (χ0) is 12.7. The van der Waals surface area contributed by atoms with E-state index in [9.17, 15) is 15.1 Å². The van der Waals surface area contributed by atoms with Crippen molar-refractivity contribution >= 4 is 23.9 Å². The minimum atomic E-state index is -0.921. The van der Waals surface area contributed by atoms with Gasteiger partial charge in [0.2, 0.25) is 0 Å². The molecule has 3 rings (SSSR count). The van der Waals surface area contributed by atoms with Crippen LogP contribution < -0.4 is 10.7 Å². The molecule has 0 spiro atoms.